The van der Waals surface area contributed by atoms with Gasteiger partial charge in [0.05, 0.1) is 16.4 Å². The first-order valence-electron chi connectivity index (χ1n) is 6.92. The lowest BCUT2D eigenvalue weighted by atomic mass is 10.2. The van der Waals surface area contributed by atoms with Crippen LogP contribution in [0.3, 0.4) is 0 Å². The second-order valence-corrected chi connectivity index (χ2v) is 10.5. The number of rotatable bonds is 8. The Bertz CT molecular complexity index is 746. The monoisotopic (exact) mass is 435 g/mol. The molecule has 0 bridgehead atoms. The molecule has 2 N–H and O–H groups in total. The molecule has 0 aliphatic rings. The zero-order chi connectivity index (χ0) is 16.9. The number of hydrogen-bond acceptors (Lipinski definition) is 5. The maximum atomic E-state index is 12.3. The number of nitrogens with one attached hydrogen (secondary N) is 1. The summed E-state index contributed by atoms with van der Waals surface area (Å²) < 4.78 is 28.1. The number of aliphatic hydroxyl groups is 1. The summed E-state index contributed by atoms with van der Waals surface area (Å²) in [4.78, 5) is 0. The Morgan fingerprint density at radius 1 is 1.35 bits per heavy atom. The minimum absolute atomic E-state index is 0.230. The van der Waals surface area contributed by atoms with Crippen molar-refractivity contribution in [2.45, 2.75) is 22.9 Å². The highest BCUT2D eigenvalue weighted by Crippen LogP contribution is 2.26. The molecule has 1 heterocycles. The normalized spacial score (nSPS) is 13.2. The summed E-state index contributed by atoms with van der Waals surface area (Å²) in [5, 5.41) is 9.44. The molecule has 0 radical (unpaired) electrons. The first-order valence-corrected chi connectivity index (χ1v) is 11.2. The van der Waals surface area contributed by atoms with Gasteiger partial charge in [-0.15, -0.1) is 11.3 Å². The van der Waals surface area contributed by atoms with E-state index < -0.39 is 16.1 Å². The second-order valence-electron chi connectivity index (χ2n) is 5.06. The SMILES string of the molecule is Cc1cccc(CSCC(CO)NS(=O)(=O)c2ccc(Br)s2)c1. The van der Waals surface area contributed by atoms with E-state index >= 15 is 0 Å². The molecule has 8 heteroatoms. The van der Waals surface area contributed by atoms with Crippen LogP contribution in [0.4, 0.5) is 0 Å². The highest BCUT2D eigenvalue weighted by atomic mass is 79.9. The molecule has 1 aromatic carbocycles. The third kappa shape index (κ3) is 5.88. The molecular weight excluding hydrogens is 418 g/mol. The fraction of sp³-hybridized carbons (Fsp3) is 0.333. The van der Waals surface area contributed by atoms with E-state index in [0.717, 1.165) is 20.9 Å². The first-order chi connectivity index (χ1) is 10.9. The number of thioether (sulfide) groups is 1. The molecule has 0 aliphatic heterocycles. The Kier molecular flexibility index (Phi) is 7.12. The van der Waals surface area contributed by atoms with Gasteiger partial charge in [0.1, 0.15) is 4.21 Å². The molecule has 126 valence electrons. The van der Waals surface area contributed by atoms with Crippen LogP contribution in [0, 0.1) is 6.92 Å². The number of aryl methyl sites for hydroxylation is 1. The Hall–Kier alpha value is -0.380. The van der Waals surface area contributed by atoms with Crippen LogP contribution in [0.1, 0.15) is 11.1 Å². The molecule has 0 amide bonds. The van der Waals surface area contributed by atoms with E-state index in [4.69, 9.17) is 0 Å². The topological polar surface area (TPSA) is 66.4 Å². The van der Waals surface area contributed by atoms with Gasteiger partial charge in [-0.1, -0.05) is 29.8 Å². The number of sulfonamides is 1. The lowest BCUT2D eigenvalue weighted by Gasteiger charge is -2.15. The molecule has 23 heavy (non-hydrogen) atoms. The van der Waals surface area contributed by atoms with E-state index in [9.17, 15) is 13.5 Å². The van der Waals surface area contributed by atoms with Gasteiger partial charge < -0.3 is 5.11 Å². The van der Waals surface area contributed by atoms with Crippen LogP contribution in [0.15, 0.2) is 44.4 Å². The zero-order valence-electron chi connectivity index (χ0n) is 12.5. The maximum absolute atomic E-state index is 12.3. The molecule has 2 rings (SSSR count). The van der Waals surface area contributed by atoms with Crippen molar-refractivity contribution in [3.63, 3.8) is 0 Å². The van der Waals surface area contributed by atoms with Gasteiger partial charge in [-0.2, -0.15) is 11.8 Å². The molecule has 0 aliphatic carbocycles. The fourth-order valence-electron chi connectivity index (χ4n) is 1.96. The van der Waals surface area contributed by atoms with Gasteiger partial charge in [0.2, 0.25) is 10.0 Å². The molecule has 0 saturated carbocycles. The summed E-state index contributed by atoms with van der Waals surface area (Å²) in [5.41, 5.74) is 2.39. The van der Waals surface area contributed by atoms with Crippen molar-refractivity contribution < 1.29 is 13.5 Å². The van der Waals surface area contributed by atoms with Crippen molar-refractivity contribution in [3.05, 3.63) is 51.3 Å². The van der Waals surface area contributed by atoms with Gasteiger partial charge in [-0.25, -0.2) is 13.1 Å². The Morgan fingerprint density at radius 2 is 2.13 bits per heavy atom. The molecule has 1 aromatic heterocycles. The van der Waals surface area contributed by atoms with E-state index in [1.165, 1.54) is 11.1 Å². The Morgan fingerprint density at radius 3 is 2.74 bits per heavy atom. The highest BCUT2D eigenvalue weighted by Gasteiger charge is 2.21. The summed E-state index contributed by atoms with van der Waals surface area (Å²) in [6, 6.07) is 10.9. The van der Waals surface area contributed by atoms with Gasteiger partial charge in [0.25, 0.3) is 0 Å². The minimum atomic E-state index is -3.59. The van der Waals surface area contributed by atoms with Crippen LogP contribution in [0.5, 0.6) is 0 Å². The van der Waals surface area contributed by atoms with Gasteiger partial charge in [-0.3, -0.25) is 0 Å². The van der Waals surface area contributed by atoms with E-state index in [1.54, 1.807) is 23.9 Å². The molecule has 0 fully saturated rings. The van der Waals surface area contributed by atoms with Crippen molar-refractivity contribution in [2.24, 2.45) is 0 Å². The number of benzene rings is 1. The average Bonchev–Trinajstić information content (AvgIpc) is 2.94. The molecular formula is C15H18BrNO3S3. The van der Waals surface area contributed by atoms with Crippen molar-refractivity contribution >= 4 is 49.1 Å². The largest absolute Gasteiger partial charge is 0.395 e. The molecule has 1 unspecified atom stereocenters. The summed E-state index contributed by atoms with van der Waals surface area (Å²) in [6.45, 7) is 1.81. The highest BCUT2D eigenvalue weighted by molar-refractivity contribution is 9.11. The first kappa shape index (κ1) is 19.0. The van der Waals surface area contributed by atoms with Crippen LogP contribution in [-0.2, 0) is 15.8 Å². The zero-order valence-corrected chi connectivity index (χ0v) is 16.6. The summed E-state index contributed by atoms with van der Waals surface area (Å²) >= 11 is 6.00. The smallest absolute Gasteiger partial charge is 0.250 e. The standard InChI is InChI=1S/C15H18BrNO3S3/c1-11-3-2-4-12(7-11)9-21-10-13(8-18)17-23(19,20)15-6-5-14(16)22-15/h2-7,13,17-18H,8-10H2,1H3. The Balaban J connectivity index is 1.90. The van der Waals surface area contributed by atoms with Gasteiger partial charge >= 0.3 is 0 Å². The Labute approximate surface area is 153 Å². The van der Waals surface area contributed by atoms with Crippen LogP contribution < -0.4 is 4.72 Å². The predicted molar refractivity (Wildman–Crippen MR) is 101 cm³/mol. The van der Waals surface area contributed by atoms with Gasteiger partial charge in [-0.05, 0) is 40.5 Å². The van der Waals surface area contributed by atoms with Crippen LogP contribution in [0.25, 0.3) is 0 Å². The van der Waals surface area contributed by atoms with E-state index in [0.29, 0.717) is 5.75 Å². The summed E-state index contributed by atoms with van der Waals surface area (Å²) in [6.07, 6.45) is 0. The lowest BCUT2D eigenvalue weighted by molar-refractivity contribution is 0.267. The molecule has 4 nitrogen and oxygen atoms in total. The third-order valence-electron chi connectivity index (χ3n) is 3.03. The predicted octanol–water partition coefficient (Wildman–Crippen LogP) is 3.39. The number of hydrogen-bond donors (Lipinski definition) is 2. The van der Waals surface area contributed by atoms with Crippen molar-refractivity contribution in [2.75, 3.05) is 12.4 Å². The van der Waals surface area contributed by atoms with Gasteiger partial charge in [0.15, 0.2) is 0 Å². The second kappa shape index (κ2) is 8.64. The van der Waals surface area contributed by atoms with Crippen LogP contribution >= 0.6 is 39.0 Å². The lowest BCUT2D eigenvalue weighted by Crippen LogP contribution is -2.39. The van der Waals surface area contributed by atoms with Gasteiger partial charge in [0, 0.05) is 11.5 Å². The minimum Gasteiger partial charge on any atom is -0.395 e. The number of thiophene rings is 1. The number of aliphatic hydroxyl groups excluding tert-OH is 1. The summed E-state index contributed by atoms with van der Waals surface area (Å²) in [7, 11) is -3.59. The quantitative estimate of drug-likeness (QED) is 0.666. The maximum Gasteiger partial charge on any atom is 0.250 e. The third-order valence-corrected chi connectivity index (χ3v) is 7.84. The average molecular weight is 436 g/mol. The fourth-order valence-corrected chi connectivity index (χ4v) is 6.33. The van der Waals surface area contributed by atoms with Crippen LogP contribution in [0.2, 0.25) is 0 Å². The molecule has 0 spiro atoms. The van der Waals surface area contributed by atoms with E-state index in [1.807, 2.05) is 25.1 Å². The molecule has 0 saturated heterocycles. The van der Waals surface area contributed by atoms with Crippen molar-refractivity contribution in [3.8, 4) is 0 Å². The van der Waals surface area contributed by atoms with Crippen molar-refractivity contribution in [1.29, 1.82) is 0 Å². The summed E-state index contributed by atoms with van der Waals surface area (Å²) in [5.74, 6) is 1.29. The van der Waals surface area contributed by atoms with Crippen molar-refractivity contribution in [1.82, 2.24) is 4.72 Å². The van der Waals surface area contributed by atoms with E-state index in [-0.39, 0.29) is 10.8 Å². The number of halogens is 1. The van der Waals surface area contributed by atoms with E-state index in [2.05, 4.69) is 26.7 Å². The van der Waals surface area contributed by atoms with Crippen LogP contribution in [-0.4, -0.2) is 31.9 Å². The molecule has 1 atom stereocenters. The molecule has 2 aromatic rings.